The molecule has 2 aliphatic heterocycles. The van der Waals surface area contributed by atoms with Gasteiger partial charge in [-0.25, -0.2) is 9.98 Å². The van der Waals surface area contributed by atoms with Crippen LogP contribution in [0.15, 0.2) is 23.3 Å². The zero-order valence-electron chi connectivity index (χ0n) is 20.3. The molecular weight excluding hydrogens is 529 g/mol. The number of piperidine rings is 2. The third kappa shape index (κ3) is 8.59. The van der Waals surface area contributed by atoms with Crippen molar-refractivity contribution in [2.24, 2.45) is 16.6 Å². The highest BCUT2D eigenvalue weighted by molar-refractivity contribution is 14.0. The molecule has 1 aromatic heterocycles. The molecule has 0 aromatic carbocycles. The number of amides is 1. The van der Waals surface area contributed by atoms with Gasteiger partial charge in [0.05, 0.1) is 6.54 Å². The van der Waals surface area contributed by atoms with Crippen molar-refractivity contribution in [3.8, 4) is 0 Å². The van der Waals surface area contributed by atoms with Gasteiger partial charge >= 0.3 is 0 Å². The number of aromatic nitrogens is 1. The summed E-state index contributed by atoms with van der Waals surface area (Å²) in [6.07, 6.45) is 8.53. The Bertz CT molecular complexity index is 752. The molecule has 0 bridgehead atoms. The van der Waals surface area contributed by atoms with Crippen LogP contribution in [0.25, 0.3) is 0 Å². The molecule has 0 spiro atoms. The molecule has 8 nitrogen and oxygen atoms in total. The highest BCUT2D eigenvalue weighted by atomic mass is 127. The van der Waals surface area contributed by atoms with E-state index in [4.69, 9.17) is 10.7 Å². The van der Waals surface area contributed by atoms with Crippen molar-refractivity contribution in [1.82, 2.24) is 20.5 Å². The first-order valence-electron chi connectivity index (χ1n) is 12.3. The molecule has 2 aliphatic rings. The number of nitrogens with zero attached hydrogens (tertiary/aromatic N) is 4. The van der Waals surface area contributed by atoms with E-state index in [9.17, 15) is 4.79 Å². The van der Waals surface area contributed by atoms with E-state index in [2.05, 4.69) is 45.3 Å². The van der Waals surface area contributed by atoms with Crippen molar-refractivity contribution in [2.75, 3.05) is 44.2 Å². The molecule has 4 N–H and O–H groups in total. The number of likely N-dealkylation sites (tertiary alicyclic amines) is 1. The Hall–Kier alpha value is -1.62. The number of carbonyl (C=O) groups is 1. The molecule has 1 aromatic rings. The number of carbonyl (C=O) groups excluding carboxylic acids is 1. The van der Waals surface area contributed by atoms with Crippen LogP contribution in [0.5, 0.6) is 0 Å². The standard InChI is InChI=1S/C24H41N7O.HI/c1-3-26-24(28-13-7-15-30-14-5-4-8-19(30)2)29-18-21-9-6-12-27-23(21)31-16-10-20(11-17-31)22(25)32;/h6,9,12,19-20H,3-5,7-8,10-11,13-18H2,1-2H3,(H2,25,32)(H2,26,28,29);1H. The van der Waals surface area contributed by atoms with Gasteiger partial charge in [-0.15, -0.1) is 24.0 Å². The zero-order chi connectivity index (χ0) is 22.8. The second kappa shape index (κ2) is 14.6. The van der Waals surface area contributed by atoms with E-state index in [1.54, 1.807) is 0 Å². The van der Waals surface area contributed by atoms with Crippen LogP contribution >= 0.6 is 24.0 Å². The summed E-state index contributed by atoms with van der Waals surface area (Å²) in [5, 5.41) is 6.85. The molecule has 1 atom stereocenters. The van der Waals surface area contributed by atoms with E-state index < -0.39 is 0 Å². The maximum atomic E-state index is 11.5. The smallest absolute Gasteiger partial charge is 0.220 e. The van der Waals surface area contributed by atoms with Gasteiger partial charge in [0.2, 0.25) is 5.91 Å². The first kappa shape index (κ1) is 27.6. The summed E-state index contributed by atoms with van der Waals surface area (Å²) >= 11 is 0. The monoisotopic (exact) mass is 571 g/mol. The lowest BCUT2D eigenvalue weighted by Gasteiger charge is -2.33. The third-order valence-electron chi connectivity index (χ3n) is 6.67. The van der Waals surface area contributed by atoms with E-state index in [-0.39, 0.29) is 35.8 Å². The van der Waals surface area contributed by atoms with Crippen LogP contribution in [-0.2, 0) is 11.3 Å². The van der Waals surface area contributed by atoms with Gasteiger partial charge in [-0.2, -0.15) is 0 Å². The number of anilines is 1. The lowest BCUT2D eigenvalue weighted by Crippen LogP contribution is -2.41. The van der Waals surface area contributed by atoms with Crippen LogP contribution in [0.1, 0.15) is 57.9 Å². The average molecular weight is 572 g/mol. The predicted molar refractivity (Wildman–Crippen MR) is 146 cm³/mol. The number of aliphatic imine (C=N–C) groups is 1. The number of nitrogens with two attached hydrogens (primary N) is 1. The number of nitrogens with one attached hydrogen (secondary N) is 2. The van der Waals surface area contributed by atoms with Gasteiger partial charge in [0.25, 0.3) is 0 Å². The average Bonchev–Trinajstić information content (AvgIpc) is 2.81. The van der Waals surface area contributed by atoms with E-state index in [0.717, 1.165) is 69.3 Å². The summed E-state index contributed by atoms with van der Waals surface area (Å²) in [6, 6.07) is 4.76. The van der Waals surface area contributed by atoms with E-state index in [1.165, 1.54) is 25.8 Å². The van der Waals surface area contributed by atoms with Gasteiger partial charge in [-0.05, 0) is 58.6 Å². The molecule has 2 saturated heterocycles. The molecular formula is C24H42IN7O. The van der Waals surface area contributed by atoms with Gasteiger partial charge in [0, 0.05) is 56.4 Å². The minimum atomic E-state index is -0.188. The van der Waals surface area contributed by atoms with Crippen LogP contribution in [0.4, 0.5) is 5.82 Å². The van der Waals surface area contributed by atoms with Crippen molar-refractivity contribution < 1.29 is 4.79 Å². The van der Waals surface area contributed by atoms with E-state index in [1.807, 2.05) is 12.3 Å². The molecule has 0 aliphatic carbocycles. The van der Waals surface area contributed by atoms with Gasteiger partial charge in [0.15, 0.2) is 5.96 Å². The highest BCUT2D eigenvalue weighted by Crippen LogP contribution is 2.25. The second-order valence-corrected chi connectivity index (χ2v) is 9.01. The number of rotatable bonds is 9. The summed E-state index contributed by atoms with van der Waals surface area (Å²) in [5.74, 6) is 1.61. The SMILES string of the molecule is CCNC(=NCc1cccnc1N1CCC(C(N)=O)CC1)NCCCN1CCCCC1C.I. The fourth-order valence-corrected chi connectivity index (χ4v) is 4.70. The van der Waals surface area contributed by atoms with Crippen molar-refractivity contribution in [3.05, 3.63) is 23.9 Å². The van der Waals surface area contributed by atoms with E-state index in [0.29, 0.717) is 12.6 Å². The molecule has 3 heterocycles. The summed E-state index contributed by atoms with van der Waals surface area (Å²) < 4.78 is 0. The number of hydrogen-bond donors (Lipinski definition) is 3. The predicted octanol–water partition coefficient (Wildman–Crippen LogP) is 2.72. The molecule has 1 unspecified atom stereocenters. The van der Waals surface area contributed by atoms with Crippen LogP contribution in [-0.4, -0.2) is 67.1 Å². The molecule has 186 valence electrons. The van der Waals surface area contributed by atoms with Gasteiger partial charge < -0.3 is 26.2 Å². The number of primary amides is 1. The van der Waals surface area contributed by atoms with Crippen molar-refractivity contribution in [1.29, 1.82) is 0 Å². The normalized spacial score (nSPS) is 20.2. The zero-order valence-corrected chi connectivity index (χ0v) is 22.6. The number of guanidine groups is 1. The Balaban J connectivity index is 0.00000385. The highest BCUT2D eigenvalue weighted by Gasteiger charge is 2.25. The molecule has 0 saturated carbocycles. The van der Waals surface area contributed by atoms with Crippen molar-refractivity contribution in [3.63, 3.8) is 0 Å². The minimum absolute atomic E-state index is 0. The fourth-order valence-electron chi connectivity index (χ4n) is 4.70. The Labute approximate surface area is 216 Å². The lowest BCUT2D eigenvalue weighted by molar-refractivity contribution is -0.122. The summed E-state index contributed by atoms with van der Waals surface area (Å²) in [4.78, 5) is 25.8. The number of halogens is 1. The van der Waals surface area contributed by atoms with E-state index >= 15 is 0 Å². The minimum Gasteiger partial charge on any atom is -0.369 e. The largest absolute Gasteiger partial charge is 0.369 e. The Morgan fingerprint density at radius 2 is 2.00 bits per heavy atom. The van der Waals surface area contributed by atoms with Crippen molar-refractivity contribution >= 4 is 41.7 Å². The molecule has 33 heavy (non-hydrogen) atoms. The summed E-state index contributed by atoms with van der Waals surface area (Å²) in [6.45, 7) is 10.7. The van der Waals surface area contributed by atoms with Crippen LogP contribution in [0.2, 0.25) is 0 Å². The van der Waals surface area contributed by atoms with Crippen LogP contribution in [0, 0.1) is 5.92 Å². The molecule has 3 rings (SSSR count). The van der Waals surface area contributed by atoms with Gasteiger partial charge in [-0.1, -0.05) is 12.5 Å². The van der Waals surface area contributed by atoms with Gasteiger partial charge in [-0.3, -0.25) is 4.79 Å². The summed E-state index contributed by atoms with van der Waals surface area (Å²) in [7, 11) is 0. The lowest BCUT2D eigenvalue weighted by atomic mass is 9.96. The molecule has 0 radical (unpaired) electrons. The third-order valence-corrected chi connectivity index (χ3v) is 6.67. The maximum absolute atomic E-state index is 11.5. The van der Waals surface area contributed by atoms with Crippen LogP contribution < -0.4 is 21.3 Å². The maximum Gasteiger partial charge on any atom is 0.220 e. The second-order valence-electron chi connectivity index (χ2n) is 9.01. The first-order chi connectivity index (χ1) is 15.6. The summed E-state index contributed by atoms with van der Waals surface area (Å²) in [5.41, 5.74) is 6.58. The van der Waals surface area contributed by atoms with Crippen molar-refractivity contribution in [2.45, 2.75) is 65.0 Å². The fraction of sp³-hybridized carbons (Fsp3) is 0.708. The Morgan fingerprint density at radius 1 is 1.21 bits per heavy atom. The quantitative estimate of drug-likeness (QED) is 0.183. The topological polar surface area (TPSA) is 98.9 Å². The van der Waals surface area contributed by atoms with Crippen LogP contribution in [0.3, 0.4) is 0 Å². The number of hydrogen-bond acceptors (Lipinski definition) is 5. The molecule has 2 fully saturated rings. The first-order valence-corrected chi connectivity index (χ1v) is 12.3. The Kier molecular flexibility index (Phi) is 12.2. The molecule has 9 heteroatoms. The Morgan fingerprint density at radius 3 is 2.70 bits per heavy atom. The number of pyridine rings is 1. The van der Waals surface area contributed by atoms with Gasteiger partial charge in [0.1, 0.15) is 5.82 Å². The molecule has 1 amide bonds.